The summed E-state index contributed by atoms with van der Waals surface area (Å²) in [5, 5.41) is 6.40. The fraction of sp³-hybridized carbons (Fsp3) is 0.273. The molecule has 2 rings (SSSR count). The first-order valence-corrected chi connectivity index (χ1v) is 5.74. The van der Waals surface area contributed by atoms with Crippen LogP contribution in [0.5, 0.6) is 0 Å². The average Bonchev–Trinajstić information content (AvgIpc) is 2.80. The van der Waals surface area contributed by atoms with Gasteiger partial charge in [0.25, 0.3) is 0 Å². The average molecular weight is 219 g/mol. The van der Waals surface area contributed by atoms with Gasteiger partial charge in [0.15, 0.2) is 0 Å². The molecule has 2 heterocycles. The monoisotopic (exact) mass is 219 g/mol. The first-order chi connectivity index (χ1) is 7.40. The maximum Gasteiger partial charge on any atom is 0.0944 e. The molecule has 15 heavy (non-hydrogen) atoms. The molecule has 0 aliphatic rings. The third-order valence-electron chi connectivity index (χ3n) is 2.26. The van der Waals surface area contributed by atoms with Gasteiger partial charge in [-0.2, -0.15) is 0 Å². The molecule has 0 saturated heterocycles. The topological polar surface area (TPSA) is 37.8 Å². The van der Waals surface area contributed by atoms with Crippen molar-refractivity contribution in [2.24, 2.45) is 0 Å². The summed E-state index contributed by atoms with van der Waals surface area (Å²) in [5.41, 5.74) is 1.07. The number of thiazole rings is 1. The van der Waals surface area contributed by atoms with Gasteiger partial charge in [-0.25, -0.2) is 4.98 Å². The summed E-state index contributed by atoms with van der Waals surface area (Å²) in [6, 6.07) is 6.22. The lowest BCUT2D eigenvalue weighted by atomic mass is 10.1. The molecule has 0 saturated carbocycles. The van der Waals surface area contributed by atoms with E-state index in [1.807, 2.05) is 43.0 Å². The quantitative estimate of drug-likeness (QED) is 0.855. The number of aromatic nitrogens is 2. The standard InChI is InChI=1S/C11H13N3S/c1-12-10(8-11-14-6-7-15-11)9-4-2-3-5-13-9/h2-7,10,12H,8H2,1H3. The minimum absolute atomic E-state index is 0.248. The van der Waals surface area contributed by atoms with Crippen molar-refractivity contribution in [3.8, 4) is 0 Å². The van der Waals surface area contributed by atoms with E-state index >= 15 is 0 Å². The van der Waals surface area contributed by atoms with E-state index in [1.165, 1.54) is 0 Å². The van der Waals surface area contributed by atoms with Crippen molar-refractivity contribution in [2.75, 3.05) is 7.05 Å². The normalized spacial score (nSPS) is 12.6. The molecular weight excluding hydrogens is 206 g/mol. The molecule has 0 aliphatic carbocycles. The number of pyridine rings is 1. The van der Waals surface area contributed by atoms with Crippen molar-refractivity contribution in [3.05, 3.63) is 46.7 Å². The molecule has 78 valence electrons. The Bertz CT molecular complexity index is 385. The molecule has 0 fully saturated rings. The Labute approximate surface area is 93.2 Å². The van der Waals surface area contributed by atoms with E-state index in [0.717, 1.165) is 17.1 Å². The minimum Gasteiger partial charge on any atom is -0.311 e. The molecule has 2 aromatic heterocycles. The number of nitrogens with zero attached hydrogens (tertiary/aromatic N) is 2. The second-order valence-electron chi connectivity index (χ2n) is 3.23. The van der Waals surface area contributed by atoms with Crippen LogP contribution in [-0.2, 0) is 6.42 Å². The van der Waals surface area contributed by atoms with Crippen molar-refractivity contribution in [1.82, 2.24) is 15.3 Å². The van der Waals surface area contributed by atoms with Crippen molar-refractivity contribution < 1.29 is 0 Å². The maximum absolute atomic E-state index is 4.34. The Morgan fingerprint density at radius 1 is 1.33 bits per heavy atom. The Kier molecular flexibility index (Phi) is 3.42. The lowest BCUT2D eigenvalue weighted by Crippen LogP contribution is -2.19. The van der Waals surface area contributed by atoms with Crippen molar-refractivity contribution in [3.63, 3.8) is 0 Å². The fourth-order valence-electron chi connectivity index (χ4n) is 1.47. The molecular formula is C11H13N3S. The smallest absolute Gasteiger partial charge is 0.0944 e. The number of hydrogen-bond donors (Lipinski definition) is 1. The van der Waals surface area contributed by atoms with Crippen LogP contribution in [0, 0.1) is 0 Å². The van der Waals surface area contributed by atoms with Gasteiger partial charge < -0.3 is 5.32 Å². The molecule has 0 aliphatic heterocycles. The lowest BCUT2D eigenvalue weighted by Gasteiger charge is -2.13. The van der Waals surface area contributed by atoms with E-state index in [4.69, 9.17) is 0 Å². The van der Waals surface area contributed by atoms with Crippen LogP contribution < -0.4 is 5.32 Å². The SMILES string of the molecule is CNC(Cc1nccs1)c1ccccn1. The van der Waals surface area contributed by atoms with Crippen LogP contribution in [0.2, 0.25) is 0 Å². The van der Waals surface area contributed by atoms with Gasteiger partial charge in [-0.05, 0) is 19.2 Å². The van der Waals surface area contributed by atoms with E-state index in [1.54, 1.807) is 11.3 Å². The Hall–Kier alpha value is -1.26. The van der Waals surface area contributed by atoms with Crippen LogP contribution in [-0.4, -0.2) is 17.0 Å². The summed E-state index contributed by atoms with van der Waals surface area (Å²) in [4.78, 5) is 8.63. The molecule has 0 spiro atoms. The molecule has 2 aromatic rings. The maximum atomic E-state index is 4.34. The van der Waals surface area contributed by atoms with Crippen molar-refractivity contribution in [1.29, 1.82) is 0 Å². The Morgan fingerprint density at radius 2 is 2.27 bits per heavy atom. The highest BCUT2D eigenvalue weighted by Crippen LogP contribution is 2.17. The van der Waals surface area contributed by atoms with Gasteiger partial charge >= 0.3 is 0 Å². The minimum atomic E-state index is 0.248. The molecule has 0 aromatic carbocycles. The van der Waals surface area contributed by atoms with Gasteiger partial charge in [0.2, 0.25) is 0 Å². The number of likely N-dealkylation sites (N-methyl/N-ethyl adjacent to an activating group) is 1. The van der Waals surface area contributed by atoms with E-state index in [9.17, 15) is 0 Å². The molecule has 4 heteroatoms. The van der Waals surface area contributed by atoms with E-state index in [0.29, 0.717) is 0 Å². The van der Waals surface area contributed by atoms with Gasteiger partial charge in [-0.3, -0.25) is 4.98 Å². The largest absolute Gasteiger partial charge is 0.311 e. The Balaban J connectivity index is 2.12. The summed E-state index contributed by atoms with van der Waals surface area (Å²) in [6.45, 7) is 0. The van der Waals surface area contributed by atoms with Crippen LogP contribution in [0.15, 0.2) is 36.0 Å². The van der Waals surface area contributed by atoms with Gasteiger partial charge in [-0.1, -0.05) is 6.07 Å². The highest BCUT2D eigenvalue weighted by molar-refractivity contribution is 7.09. The zero-order valence-electron chi connectivity index (χ0n) is 8.55. The Morgan fingerprint density at radius 3 is 2.87 bits per heavy atom. The van der Waals surface area contributed by atoms with Crippen molar-refractivity contribution in [2.45, 2.75) is 12.5 Å². The zero-order chi connectivity index (χ0) is 10.5. The van der Waals surface area contributed by atoms with Crippen LogP contribution in [0.1, 0.15) is 16.7 Å². The summed E-state index contributed by atoms with van der Waals surface area (Å²) >= 11 is 1.68. The molecule has 1 N–H and O–H groups in total. The highest BCUT2D eigenvalue weighted by Gasteiger charge is 2.11. The molecule has 1 atom stereocenters. The van der Waals surface area contributed by atoms with Gasteiger partial charge in [0.05, 0.1) is 16.7 Å². The summed E-state index contributed by atoms with van der Waals surface area (Å²) < 4.78 is 0. The van der Waals surface area contributed by atoms with Gasteiger partial charge in [0, 0.05) is 24.2 Å². The van der Waals surface area contributed by atoms with Crippen LogP contribution in [0.3, 0.4) is 0 Å². The van der Waals surface area contributed by atoms with Crippen molar-refractivity contribution >= 4 is 11.3 Å². The third kappa shape index (κ3) is 2.61. The highest BCUT2D eigenvalue weighted by atomic mass is 32.1. The summed E-state index contributed by atoms with van der Waals surface area (Å²) in [5.74, 6) is 0. The number of hydrogen-bond acceptors (Lipinski definition) is 4. The summed E-state index contributed by atoms with van der Waals surface area (Å²) in [7, 11) is 1.95. The lowest BCUT2D eigenvalue weighted by molar-refractivity contribution is 0.574. The molecule has 3 nitrogen and oxygen atoms in total. The van der Waals surface area contributed by atoms with E-state index in [-0.39, 0.29) is 6.04 Å². The van der Waals surface area contributed by atoms with E-state index in [2.05, 4.69) is 15.3 Å². The second kappa shape index (κ2) is 5.00. The zero-order valence-corrected chi connectivity index (χ0v) is 9.37. The van der Waals surface area contributed by atoms with Crippen LogP contribution in [0.25, 0.3) is 0 Å². The summed E-state index contributed by atoms with van der Waals surface area (Å²) in [6.07, 6.45) is 4.55. The van der Waals surface area contributed by atoms with Crippen LogP contribution >= 0.6 is 11.3 Å². The predicted molar refractivity (Wildman–Crippen MR) is 61.9 cm³/mol. The first-order valence-electron chi connectivity index (χ1n) is 4.86. The van der Waals surface area contributed by atoms with Gasteiger partial charge in [-0.15, -0.1) is 11.3 Å². The molecule has 0 bridgehead atoms. The molecule has 0 amide bonds. The first kappa shape index (κ1) is 10.3. The number of nitrogens with one attached hydrogen (secondary N) is 1. The van der Waals surface area contributed by atoms with Gasteiger partial charge in [0.1, 0.15) is 0 Å². The van der Waals surface area contributed by atoms with E-state index < -0.39 is 0 Å². The fourth-order valence-corrected chi connectivity index (χ4v) is 2.13. The second-order valence-corrected chi connectivity index (χ2v) is 4.20. The number of rotatable bonds is 4. The van der Waals surface area contributed by atoms with Crippen LogP contribution in [0.4, 0.5) is 0 Å². The third-order valence-corrected chi connectivity index (χ3v) is 3.06. The molecule has 1 unspecified atom stereocenters. The predicted octanol–water partition coefficient (Wildman–Crippen LogP) is 2.04. The molecule has 0 radical (unpaired) electrons.